The lowest BCUT2D eigenvalue weighted by Crippen LogP contribution is -2.07. The maximum absolute atomic E-state index is 13.1. The molecule has 0 radical (unpaired) electrons. The number of fused-ring (bicyclic) bond motifs is 6. The van der Waals surface area contributed by atoms with Gasteiger partial charge in [0.25, 0.3) is 0 Å². The quantitative estimate of drug-likeness (QED) is 0.0348. The van der Waals surface area contributed by atoms with Crippen molar-refractivity contribution in [3.05, 3.63) is 339 Å². The molecule has 6 aliphatic rings. The van der Waals surface area contributed by atoms with Crippen LogP contribution < -0.4 is 14.2 Å². The van der Waals surface area contributed by atoms with E-state index in [1.807, 2.05) is 192 Å². The van der Waals surface area contributed by atoms with Crippen LogP contribution in [-0.4, -0.2) is 160 Å². The molecule has 0 amide bonds. The summed E-state index contributed by atoms with van der Waals surface area (Å²) in [5.74, 6) is 13.7. The van der Waals surface area contributed by atoms with Crippen molar-refractivity contribution < 1.29 is 80.5 Å². The Morgan fingerprint density at radius 2 is 0.421 bits per heavy atom. The molecule has 0 aromatic heterocycles. The lowest BCUT2D eigenvalue weighted by Gasteiger charge is -2.15. The summed E-state index contributed by atoms with van der Waals surface area (Å²) in [6.07, 6.45) is 2.41. The fourth-order valence-corrected chi connectivity index (χ4v) is 28.2. The first-order valence-corrected chi connectivity index (χ1v) is 57.1. The first-order chi connectivity index (χ1) is 68.0. The summed E-state index contributed by atoms with van der Waals surface area (Å²) >= 11 is 21.6. The number of ketones is 12. The zero-order valence-electron chi connectivity index (χ0n) is 77.1. The predicted molar refractivity (Wildman–Crippen MR) is 573 cm³/mol. The van der Waals surface area contributed by atoms with Crippen LogP contribution in [0.15, 0.2) is 320 Å². The zero-order chi connectivity index (χ0) is 98.7. The van der Waals surface area contributed by atoms with Crippen molar-refractivity contribution in [2.75, 3.05) is 90.4 Å². The molecule has 0 bridgehead atoms. The zero-order valence-corrected chi connectivity index (χ0v) is 86.9. The highest BCUT2D eigenvalue weighted by molar-refractivity contribution is 8.07. The van der Waals surface area contributed by atoms with Crippen LogP contribution in [0.1, 0.15) is 201 Å². The minimum absolute atomic E-state index is 0.0113. The Hall–Kier alpha value is -9.86. The van der Waals surface area contributed by atoms with E-state index in [0.29, 0.717) is 78.4 Å². The van der Waals surface area contributed by atoms with Gasteiger partial charge in [-0.15, -0.1) is 141 Å². The van der Waals surface area contributed by atoms with Crippen LogP contribution in [0.2, 0.25) is 0 Å². The highest BCUT2D eigenvalue weighted by atomic mass is 32.2. The number of halogens is 2. The average Bonchev–Trinajstić information content (AvgIpc) is 0.842. The SMILES string of the molecule is COc1ccc(C(=O)CCC(=O)c2ccc3c(c2)SCCS3)cc1.COc1cccc(C(=O)CCC(=O)c2ccc3c(c2)SCCS3)c1.COc1ccccc1C(=O)CCC(=O)c1ccc2c(c1)SCCS2.O=C(CCC(=O)c1ccc2c(c1)SCCS2)c1ccc(F)cc1.O=C(CCC(=O)c1ccc2c(c1)SCCS2)c1cccc(F)c1.O=C(CCC(=O)c1ccc2c(c1)SCCS2)c1ccccc1. The third-order valence-corrected chi connectivity index (χ3v) is 37.4. The van der Waals surface area contributed by atoms with Crippen LogP contribution in [0.5, 0.6) is 17.2 Å². The second-order valence-corrected chi connectivity index (χ2v) is 45.4. The third-order valence-electron chi connectivity index (χ3n) is 22.3. The Kier molecular flexibility index (Phi) is 42.7. The summed E-state index contributed by atoms with van der Waals surface area (Å²) in [6.45, 7) is 0. The van der Waals surface area contributed by atoms with Crippen molar-refractivity contribution in [2.24, 2.45) is 0 Å². The van der Waals surface area contributed by atoms with Gasteiger partial charge in [-0.3, -0.25) is 57.5 Å². The van der Waals surface area contributed by atoms with E-state index < -0.39 is 5.82 Å². The van der Waals surface area contributed by atoms with Gasteiger partial charge in [-0.1, -0.05) is 103 Å². The summed E-state index contributed by atoms with van der Waals surface area (Å²) in [6, 6.07) is 76.2. The molecule has 0 unspecified atom stereocenters. The van der Waals surface area contributed by atoms with Gasteiger partial charge in [-0.2, -0.15) is 0 Å². The first kappa shape index (κ1) is 107. The monoisotopic (exact) mass is 2090 g/mol. The molecule has 6 aliphatic heterocycles. The number of hydrogen-bond acceptors (Lipinski definition) is 27. The molecule has 720 valence electrons. The Balaban J connectivity index is 0.000000141. The molecule has 0 atom stereocenters. The van der Waals surface area contributed by atoms with Crippen LogP contribution in [-0.2, 0) is 0 Å². The highest BCUT2D eigenvalue weighted by Gasteiger charge is 2.25. The van der Waals surface area contributed by atoms with Gasteiger partial charge in [-0.05, 0) is 158 Å². The number of rotatable bonds is 33. The number of para-hydroxylation sites is 1. The van der Waals surface area contributed by atoms with Gasteiger partial charge in [0.15, 0.2) is 69.4 Å². The summed E-state index contributed by atoms with van der Waals surface area (Å²) in [5, 5.41) is 0. The van der Waals surface area contributed by atoms with E-state index in [9.17, 15) is 66.3 Å². The lowest BCUT2D eigenvalue weighted by molar-refractivity contribution is 0.0915. The van der Waals surface area contributed by atoms with E-state index >= 15 is 0 Å². The van der Waals surface area contributed by atoms with Crippen LogP contribution in [0.3, 0.4) is 0 Å². The van der Waals surface area contributed by atoms with Crippen LogP contribution >= 0.6 is 141 Å². The molecule has 0 spiro atoms. The molecule has 12 aromatic rings. The van der Waals surface area contributed by atoms with E-state index in [4.69, 9.17) is 14.2 Å². The van der Waals surface area contributed by atoms with Gasteiger partial charge < -0.3 is 14.2 Å². The maximum Gasteiger partial charge on any atom is 0.167 e. The molecule has 12 aromatic carbocycles. The molecule has 18 rings (SSSR count). The van der Waals surface area contributed by atoms with Gasteiger partial charge >= 0.3 is 0 Å². The number of carbonyl (C=O) groups is 12. The van der Waals surface area contributed by atoms with Crippen molar-refractivity contribution in [3.8, 4) is 17.2 Å². The fraction of sp³-hybridized carbons (Fsp3) is 0.243. The van der Waals surface area contributed by atoms with E-state index in [1.54, 1.807) is 189 Å². The van der Waals surface area contributed by atoms with E-state index in [2.05, 4.69) is 0 Å². The summed E-state index contributed by atoms with van der Waals surface area (Å²) in [7, 11) is 4.70. The molecule has 15 nitrogen and oxygen atoms in total. The average molecular weight is 2100 g/mol. The molecular weight excluding hydrogens is 2000 g/mol. The molecule has 140 heavy (non-hydrogen) atoms. The molecule has 0 N–H and O–H groups in total. The Labute approximate surface area is 865 Å². The number of hydrogen-bond donors (Lipinski definition) is 0. The normalized spacial score (nSPS) is 13.3. The lowest BCUT2D eigenvalue weighted by atomic mass is 10.0. The number of benzene rings is 12. The minimum atomic E-state index is -0.439. The van der Waals surface area contributed by atoms with Crippen molar-refractivity contribution >= 4 is 211 Å². The van der Waals surface area contributed by atoms with Crippen molar-refractivity contribution in [1.82, 2.24) is 0 Å². The first-order valence-electron chi connectivity index (χ1n) is 45.3. The van der Waals surface area contributed by atoms with E-state index in [-0.39, 0.29) is 152 Å². The largest absolute Gasteiger partial charge is 0.497 e. The fourth-order valence-electron chi connectivity index (χ4n) is 14.8. The van der Waals surface area contributed by atoms with Gasteiger partial charge in [-0.25, -0.2) is 8.78 Å². The second kappa shape index (κ2) is 55.7. The van der Waals surface area contributed by atoms with Crippen molar-refractivity contribution in [2.45, 2.75) is 136 Å². The number of thioether (sulfide) groups is 12. The van der Waals surface area contributed by atoms with Crippen molar-refractivity contribution in [1.29, 1.82) is 0 Å². The molecular formula is C111H100F2O15S12. The predicted octanol–water partition coefficient (Wildman–Crippen LogP) is 28.7. The maximum atomic E-state index is 13.1. The van der Waals surface area contributed by atoms with Gasteiger partial charge in [0.2, 0.25) is 0 Å². The number of methoxy groups -OCH3 is 3. The smallest absolute Gasteiger partial charge is 0.167 e. The minimum Gasteiger partial charge on any atom is -0.497 e. The van der Waals surface area contributed by atoms with Gasteiger partial charge in [0.05, 0.1) is 26.9 Å². The van der Waals surface area contributed by atoms with Gasteiger partial charge in [0.1, 0.15) is 28.9 Å². The molecule has 0 saturated heterocycles. The molecule has 29 heteroatoms. The van der Waals surface area contributed by atoms with Crippen LogP contribution in [0, 0.1) is 11.6 Å². The summed E-state index contributed by atoms with van der Waals surface area (Å²) in [5.41, 5.74) is 7.27. The number of carbonyl (C=O) groups excluding carboxylic acids is 12. The van der Waals surface area contributed by atoms with Crippen LogP contribution in [0.25, 0.3) is 0 Å². The standard InChI is InChI=1S/3C19H18O3S2.2C18H15FO2S2.C18H16O2S2/c1-22-15-5-2-13(3-6-15)16(20)7-8-17(21)14-4-9-18-19(12-14)24-11-10-23-18;1-22-15-4-2-3-13(11-15)16(20)6-7-17(21)14-5-8-18-19(12-14)24-10-9-23-18;1-22-17-5-3-2-4-14(17)16(21)8-7-15(20)13-6-9-18-19(12-13)24-11-10-23-18;19-14-4-1-12(2-5-14)15(20)6-7-16(21)13-3-8-17-18(11-13)23-10-9-22-17;19-14-3-1-2-12(10-14)15(20)5-6-16(21)13-4-7-17-18(11-13)23-9-8-22-17;19-15(13-4-2-1-3-5-13)7-8-16(20)14-6-9-17-18(12-14)22-11-10-21-17/h2-6,9,12H,7-8,10-11H2,1H3;2-5,8,11-12H,6-7,9-10H2,1H3;2-6,9,12H,7-8,10-11H2,1H3;1-5,8,11H,6-7,9-10H2;1-4,7,10-11H,5-6,8-9H2;1-6,9,12H,7-8,10-11H2. The Morgan fingerprint density at radius 1 is 0.193 bits per heavy atom. The Bertz CT molecular complexity index is 6490. The van der Waals surface area contributed by atoms with Crippen molar-refractivity contribution in [3.63, 3.8) is 0 Å². The second-order valence-electron chi connectivity index (χ2n) is 31.8. The summed E-state index contributed by atoms with van der Waals surface area (Å²) < 4.78 is 41.4. The van der Waals surface area contributed by atoms with E-state index in [1.165, 1.54) is 91.4 Å². The third kappa shape index (κ3) is 32.3. The Morgan fingerprint density at radius 3 is 0.714 bits per heavy atom. The van der Waals surface area contributed by atoms with Crippen LogP contribution in [0.4, 0.5) is 8.78 Å². The molecule has 6 heterocycles. The molecule has 0 saturated carbocycles. The number of ether oxygens (including phenoxy) is 3. The summed E-state index contributed by atoms with van der Waals surface area (Å²) in [4.78, 5) is 161. The highest BCUT2D eigenvalue weighted by Crippen LogP contribution is 2.44. The molecule has 0 aliphatic carbocycles. The molecule has 0 fully saturated rings. The number of Topliss-reactive ketones (excluding diaryl/α,β-unsaturated/α-hetero) is 12. The van der Waals surface area contributed by atoms with E-state index in [0.717, 1.165) is 84.4 Å². The topological polar surface area (TPSA) is 233 Å². The van der Waals surface area contributed by atoms with Gasteiger partial charge in [0, 0.05) is 266 Å².